The molecular weight excluding hydrogens is 338 g/mol. The Labute approximate surface area is 158 Å². The number of aromatic amines is 1. The van der Waals surface area contributed by atoms with Crippen molar-refractivity contribution in [3.05, 3.63) is 66.4 Å². The molecule has 0 spiro atoms. The lowest BCUT2D eigenvalue weighted by molar-refractivity contribution is -0.117. The van der Waals surface area contributed by atoms with Crippen molar-refractivity contribution in [3.63, 3.8) is 0 Å². The molecule has 1 aromatic heterocycles. The second kappa shape index (κ2) is 7.68. The first-order valence-electron chi connectivity index (χ1n) is 9.15. The third-order valence-corrected chi connectivity index (χ3v) is 4.95. The van der Waals surface area contributed by atoms with E-state index in [4.69, 9.17) is 4.74 Å². The highest BCUT2D eigenvalue weighted by molar-refractivity contribution is 5.94. The number of hydrogen-bond acceptors (Lipinski definition) is 3. The van der Waals surface area contributed by atoms with E-state index in [1.807, 2.05) is 42.5 Å². The summed E-state index contributed by atoms with van der Waals surface area (Å²) in [6.45, 7) is 2.04. The van der Waals surface area contributed by atoms with Crippen LogP contribution >= 0.6 is 0 Å². The van der Waals surface area contributed by atoms with E-state index in [1.165, 1.54) is 16.5 Å². The van der Waals surface area contributed by atoms with Gasteiger partial charge in [-0.1, -0.05) is 24.3 Å². The molecule has 0 unspecified atom stereocenters. The Morgan fingerprint density at radius 3 is 2.81 bits per heavy atom. The summed E-state index contributed by atoms with van der Waals surface area (Å²) in [7, 11) is 1.69. The fourth-order valence-corrected chi connectivity index (χ4v) is 3.52. The van der Waals surface area contributed by atoms with Crippen LogP contribution in [0.25, 0.3) is 16.5 Å². The number of fused-ring (bicyclic) bond motifs is 1. The first-order chi connectivity index (χ1) is 13.2. The number of benzene rings is 2. The Morgan fingerprint density at radius 1 is 1.22 bits per heavy atom. The molecule has 5 nitrogen and oxygen atoms in total. The van der Waals surface area contributed by atoms with Gasteiger partial charge in [0, 0.05) is 41.4 Å². The van der Waals surface area contributed by atoms with Crippen LogP contribution in [0.5, 0.6) is 5.75 Å². The summed E-state index contributed by atoms with van der Waals surface area (Å²) in [6.07, 6.45) is 5.21. The van der Waals surface area contributed by atoms with Crippen molar-refractivity contribution in [2.75, 3.05) is 32.1 Å². The van der Waals surface area contributed by atoms with Crippen molar-refractivity contribution >= 4 is 28.1 Å². The monoisotopic (exact) mass is 361 g/mol. The molecular formula is C22H23N3O2. The number of aromatic nitrogens is 1. The fraction of sp³-hybridized carbons (Fsp3) is 0.227. The van der Waals surface area contributed by atoms with E-state index in [-0.39, 0.29) is 5.91 Å². The zero-order valence-corrected chi connectivity index (χ0v) is 15.4. The Kier molecular flexibility index (Phi) is 4.94. The molecule has 2 aromatic carbocycles. The second-order valence-corrected chi connectivity index (χ2v) is 6.74. The number of carbonyl (C=O) groups is 1. The van der Waals surface area contributed by atoms with E-state index in [1.54, 1.807) is 7.11 Å². The Bertz CT molecular complexity index is 976. The first-order valence-corrected chi connectivity index (χ1v) is 9.15. The van der Waals surface area contributed by atoms with Gasteiger partial charge >= 0.3 is 0 Å². The SMILES string of the molecule is COc1ccc2[nH]cc(C3=CCN(CC(=O)Nc4ccccc4)CC3)c2c1. The van der Waals surface area contributed by atoms with Crippen molar-refractivity contribution in [2.24, 2.45) is 0 Å². The van der Waals surface area contributed by atoms with Crippen LogP contribution in [-0.2, 0) is 4.79 Å². The third kappa shape index (κ3) is 3.88. The molecule has 1 amide bonds. The highest BCUT2D eigenvalue weighted by atomic mass is 16.5. The number of carbonyl (C=O) groups excluding carboxylic acids is 1. The summed E-state index contributed by atoms with van der Waals surface area (Å²) in [4.78, 5) is 17.7. The van der Waals surface area contributed by atoms with Crippen molar-refractivity contribution < 1.29 is 9.53 Å². The van der Waals surface area contributed by atoms with Crippen LogP contribution in [0.1, 0.15) is 12.0 Å². The smallest absolute Gasteiger partial charge is 0.238 e. The average molecular weight is 361 g/mol. The molecule has 0 bridgehead atoms. The lowest BCUT2D eigenvalue weighted by Gasteiger charge is -2.25. The van der Waals surface area contributed by atoms with Crippen LogP contribution in [0.15, 0.2) is 60.8 Å². The number of nitrogens with one attached hydrogen (secondary N) is 2. The lowest BCUT2D eigenvalue weighted by Crippen LogP contribution is -2.36. The van der Waals surface area contributed by atoms with Gasteiger partial charge in [-0.05, 0) is 42.3 Å². The maximum atomic E-state index is 12.2. The molecule has 27 heavy (non-hydrogen) atoms. The molecule has 0 fully saturated rings. The number of rotatable bonds is 5. The lowest BCUT2D eigenvalue weighted by atomic mass is 9.99. The number of para-hydroxylation sites is 1. The summed E-state index contributed by atoms with van der Waals surface area (Å²) in [5.74, 6) is 0.883. The van der Waals surface area contributed by atoms with Crippen LogP contribution in [0, 0.1) is 0 Å². The average Bonchev–Trinajstić information content (AvgIpc) is 3.12. The topological polar surface area (TPSA) is 57.4 Å². The zero-order valence-electron chi connectivity index (χ0n) is 15.4. The summed E-state index contributed by atoms with van der Waals surface area (Å²) in [5, 5.41) is 4.12. The molecule has 1 aliphatic heterocycles. The van der Waals surface area contributed by atoms with E-state index in [0.29, 0.717) is 6.54 Å². The van der Waals surface area contributed by atoms with Gasteiger partial charge in [-0.25, -0.2) is 0 Å². The van der Waals surface area contributed by atoms with Gasteiger partial charge in [-0.2, -0.15) is 0 Å². The molecule has 2 N–H and O–H groups in total. The minimum absolute atomic E-state index is 0.0230. The van der Waals surface area contributed by atoms with E-state index in [0.717, 1.165) is 36.5 Å². The Hall–Kier alpha value is -3.05. The Morgan fingerprint density at radius 2 is 2.07 bits per heavy atom. The summed E-state index contributed by atoms with van der Waals surface area (Å²) >= 11 is 0. The fourth-order valence-electron chi connectivity index (χ4n) is 3.52. The molecule has 0 aliphatic carbocycles. The molecule has 4 rings (SSSR count). The number of anilines is 1. The van der Waals surface area contributed by atoms with E-state index in [9.17, 15) is 4.79 Å². The van der Waals surface area contributed by atoms with Crippen molar-refractivity contribution in [1.29, 1.82) is 0 Å². The van der Waals surface area contributed by atoms with Crippen molar-refractivity contribution in [1.82, 2.24) is 9.88 Å². The molecule has 2 heterocycles. The van der Waals surface area contributed by atoms with Gasteiger partial charge in [0.2, 0.25) is 5.91 Å². The van der Waals surface area contributed by atoms with Crippen LogP contribution in [0.3, 0.4) is 0 Å². The van der Waals surface area contributed by atoms with Gasteiger partial charge in [-0.3, -0.25) is 9.69 Å². The summed E-state index contributed by atoms with van der Waals surface area (Å²) in [6, 6.07) is 15.7. The Balaban J connectivity index is 1.42. The number of nitrogens with zero attached hydrogens (tertiary/aromatic N) is 1. The van der Waals surface area contributed by atoms with Crippen LogP contribution in [0.4, 0.5) is 5.69 Å². The standard InChI is InChI=1S/C22H23N3O2/c1-27-18-7-8-21-19(13-18)20(14-23-21)16-9-11-25(12-10-16)15-22(26)24-17-5-3-2-4-6-17/h2-9,13-14,23H,10-12,15H2,1H3,(H,24,26). The minimum atomic E-state index is 0.0230. The quantitative estimate of drug-likeness (QED) is 0.724. The van der Waals surface area contributed by atoms with E-state index < -0.39 is 0 Å². The van der Waals surface area contributed by atoms with Crippen LogP contribution in [-0.4, -0.2) is 42.5 Å². The van der Waals surface area contributed by atoms with Gasteiger partial charge in [0.15, 0.2) is 0 Å². The van der Waals surface area contributed by atoms with Crippen LogP contribution < -0.4 is 10.1 Å². The molecule has 0 saturated carbocycles. The summed E-state index contributed by atoms with van der Waals surface area (Å²) in [5.41, 5.74) is 4.48. The summed E-state index contributed by atoms with van der Waals surface area (Å²) < 4.78 is 5.36. The molecule has 0 atom stereocenters. The molecule has 3 aromatic rings. The predicted molar refractivity (Wildman–Crippen MR) is 109 cm³/mol. The molecule has 5 heteroatoms. The largest absolute Gasteiger partial charge is 0.497 e. The predicted octanol–water partition coefficient (Wildman–Crippen LogP) is 3.90. The number of methoxy groups -OCH3 is 1. The number of hydrogen-bond donors (Lipinski definition) is 2. The van der Waals surface area contributed by atoms with E-state index >= 15 is 0 Å². The number of ether oxygens (including phenoxy) is 1. The normalized spacial score (nSPS) is 14.8. The highest BCUT2D eigenvalue weighted by Gasteiger charge is 2.18. The molecule has 138 valence electrons. The first kappa shape index (κ1) is 17.4. The van der Waals surface area contributed by atoms with E-state index in [2.05, 4.69) is 33.5 Å². The number of amides is 1. The van der Waals surface area contributed by atoms with Gasteiger partial charge in [0.25, 0.3) is 0 Å². The van der Waals surface area contributed by atoms with Gasteiger partial charge in [0.05, 0.1) is 13.7 Å². The maximum absolute atomic E-state index is 12.2. The third-order valence-electron chi connectivity index (χ3n) is 4.95. The van der Waals surface area contributed by atoms with Crippen molar-refractivity contribution in [2.45, 2.75) is 6.42 Å². The van der Waals surface area contributed by atoms with Gasteiger partial charge in [0.1, 0.15) is 5.75 Å². The van der Waals surface area contributed by atoms with Crippen LogP contribution in [0.2, 0.25) is 0 Å². The van der Waals surface area contributed by atoms with Gasteiger partial charge in [-0.15, -0.1) is 0 Å². The molecule has 0 radical (unpaired) electrons. The minimum Gasteiger partial charge on any atom is -0.497 e. The maximum Gasteiger partial charge on any atom is 0.238 e. The second-order valence-electron chi connectivity index (χ2n) is 6.74. The van der Waals surface area contributed by atoms with Crippen molar-refractivity contribution in [3.8, 4) is 5.75 Å². The van der Waals surface area contributed by atoms with Gasteiger partial charge < -0.3 is 15.0 Å². The zero-order chi connectivity index (χ0) is 18.6. The highest BCUT2D eigenvalue weighted by Crippen LogP contribution is 2.31. The molecule has 0 saturated heterocycles. The molecule has 1 aliphatic rings. The number of H-pyrrole nitrogens is 1.